The Balaban J connectivity index is 1.67. The molecular formula is C20H21N3O. The Bertz CT molecular complexity index is 791. The second-order valence-corrected chi connectivity index (χ2v) is 5.74. The number of rotatable bonds is 7. The molecule has 0 fully saturated rings. The van der Waals surface area contributed by atoms with Crippen molar-refractivity contribution in [1.82, 2.24) is 10.2 Å². The summed E-state index contributed by atoms with van der Waals surface area (Å²) in [6.45, 7) is 2.69. The summed E-state index contributed by atoms with van der Waals surface area (Å²) in [6.07, 6.45) is 3.32. The third-order valence-electron chi connectivity index (χ3n) is 3.95. The predicted molar refractivity (Wildman–Crippen MR) is 97.0 cm³/mol. The molecule has 0 atom stereocenters. The summed E-state index contributed by atoms with van der Waals surface area (Å²) in [5.41, 5.74) is 5.01. The summed E-state index contributed by atoms with van der Waals surface area (Å²) in [5, 5.41) is 10.6. The van der Waals surface area contributed by atoms with Crippen LogP contribution in [0, 0.1) is 0 Å². The number of carbonyl (C=O) groups is 1. The molecule has 2 aromatic carbocycles. The number of hydrogen-bond donors (Lipinski definition) is 2. The Morgan fingerprint density at radius 2 is 1.83 bits per heavy atom. The van der Waals surface area contributed by atoms with Crippen LogP contribution in [0.25, 0.3) is 11.3 Å². The molecule has 3 rings (SSSR count). The van der Waals surface area contributed by atoms with Gasteiger partial charge >= 0.3 is 0 Å². The van der Waals surface area contributed by atoms with Crippen molar-refractivity contribution in [2.45, 2.75) is 26.3 Å². The fourth-order valence-electron chi connectivity index (χ4n) is 2.64. The molecule has 0 spiro atoms. The number of hydrogen-bond acceptors (Lipinski definition) is 3. The van der Waals surface area contributed by atoms with Crippen LogP contribution in [-0.2, 0) is 6.54 Å². The van der Waals surface area contributed by atoms with Crippen LogP contribution in [0.3, 0.4) is 0 Å². The van der Waals surface area contributed by atoms with Gasteiger partial charge in [-0.25, -0.2) is 0 Å². The SMILES string of the molecule is CCCC(=O)c1ccc(NCc2cn[nH]c2-c2ccccc2)cc1. The first-order valence-electron chi connectivity index (χ1n) is 8.22. The Morgan fingerprint density at radius 3 is 2.54 bits per heavy atom. The van der Waals surface area contributed by atoms with Crippen LogP contribution in [0.5, 0.6) is 0 Å². The zero-order valence-corrected chi connectivity index (χ0v) is 13.8. The van der Waals surface area contributed by atoms with E-state index in [1.165, 1.54) is 0 Å². The molecule has 24 heavy (non-hydrogen) atoms. The van der Waals surface area contributed by atoms with E-state index in [0.29, 0.717) is 13.0 Å². The van der Waals surface area contributed by atoms with E-state index in [1.807, 2.05) is 55.6 Å². The van der Waals surface area contributed by atoms with Crippen molar-refractivity contribution in [3.05, 3.63) is 71.9 Å². The standard InChI is InChI=1S/C20H21N3O/c1-2-6-19(24)15-9-11-18(12-10-15)21-13-17-14-22-23-20(17)16-7-4-3-5-8-16/h3-5,7-12,14,21H,2,6,13H2,1H3,(H,22,23). The van der Waals surface area contributed by atoms with Crippen molar-refractivity contribution >= 4 is 11.5 Å². The highest BCUT2D eigenvalue weighted by molar-refractivity contribution is 5.96. The number of H-pyrrole nitrogens is 1. The number of aromatic nitrogens is 2. The summed E-state index contributed by atoms with van der Waals surface area (Å²) >= 11 is 0. The van der Waals surface area contributed by atoms with Crippen LogP contribution in [0.1, 0.15) is 35.7 Å². The van der Waals surface area contributed by atoms with Gasteiger partial charge in [0.05, 0.1) is 11.9 Å². The largest absolute Gasteiger partial charge is 0.381 e. The van der Waals surface area contributed by atoms with Crippen molar-refractivity contribution < 1.29 is 4.79 Å². The van der Waals surface area contributed by atoms with Crippen molar-refractivity contribution in [1.29, 1.82) is 0 Å². The molecule has 3 aromatic rings. The summed E-state index contributed by atoms with van der Waals surface area (Å²) in [4.78, 5) is 11.9. The van der Waals surface area contributed by atoms with Gasteiger partial charge in [0.25, 0.3) is 0 Å². The third-order valence-corrected chi connectivity index (χ3v) is 3.95. The van der Waals surface area contributed by atoms with Gasteiger partial charge < -0.3 is 5.32 Å². The molecule has 0 bridgehead atoms. The van der Waals surface area contributed by atoms with E-state index in [2.05, 4.69) is 27.6 Å². The lowest BCUT2D eigenvalue weighted by atomic mass is 10.1. The number of benzene rings is 2. The van der Waals surface area contributed by atoms with Crippen molar-refractivity contribution in [3.8, 4) is 11.3 Å². The van der Waals surface area contributed by atoms with Crippen LogP contribution >= 0.6 is 0 Å². The smallest absolute Gasteiger partial charge is 0.162 e. The topological polar surface area (TPSA) is 57.8 Å². The number of nitrogens with zero attached hydrogens (tertiary/aromatic N) is 1. The third kappa shape index (κ3) is 3.71. The number of Topliss-reactive ketones (excluding diaryl/α,β-unsaturated/α-hetero) is 1. The summed E-state index contributed by atoms with van der Waals surface area (Å²) in [5.74, 6) is 0.199. The van der Waals surface area contributed by atoms with Gasteiger partial charge in [-0.15, -0.1) is 0 Å². The number of carbonyl (C=O) groups excluding carboxylic acids is 1. The normalized spacial score (nSPS) is 10.5. The van der Waals surface area contributed by atoms with E-state index < -0.39 is 0 Å². The van der Waals surface area contributed by atoms with E-state index >= 15 is 0 Å². The lowest BCUT2D eigenvalue weighted by Gasteiger charge is -2.08. The molecule has 1 aromatic heterocycles. The lowest BCUT2D eigenvalue weighted by molar-refractivity contribution is 0.0982. The highest BCUT2D eigenvalue weighted by atomic mass is 16.1. The Labute approximate surface area is 141 Å². The minimum Gasteiger partial charge on any atom is -0.381 e. The maximum atomic E-state index is 11.9. The number of ketones is 1. The fourth-order valence-corrected chi connectivity index (χ4v) is 2.64. The fraction of sp³-hybridized carbons (Fsp3) is 0.200. The molecule has 0 amide bonds. The monoisotopic (exact) mass is 319 g/mol. The van der Waals surface area contributed by atoms with Gasteiger partial charge in [0.2, 0.25) is 0 Å². The van der Waals surface area contributed by atoms with Gasteiger partial charge in [0.15, 0.2) is 5.78 Å². The lowest BCUT2D eigenvalue weighted by Crippen LogP contribution is -2.01. The second-order valence-electron chi connectivity index (χ2n) is 5.74. The summed E-state index contributed by atoms with van der Waals surface area (Å²) in [6, 6.07) is 17.8. The first-order chi connectivity index (χ1) is 11.8. The van der Waals surface area contributed by atoms with Gasteiger partial charge in [-0.1, -0.05) is 37.3 Å². The first kappa shape index (κ1) is 16.0. The highest BCUT2D eigenvalue weighted by Crippen LogP contribution is 2.21. The first-order valence-corrected chi connectivity index (χ1v) is 8.22. The maximum absolute atomic E-state index is 11.9. The second kappa shape index (κ2) is 7.59. The van der Waals surface area contributed by atoms with E-state index in [0.717, 1.165) is 34.5 Å². The molecule has 0 saturated carbocycles. The minimum atomic E-state index is 0.199. The van der Waals surface area contributed by atoms with Gasteiger partial charge in [-0.3, -0.25) is 9.89 Å². The molecule has 0 radical (unpaired) electrons. The van der Waals surface area contributed by atoms with Crippen LogP contribution in [0.15, 0.2) is 60.8 Å². The van der Waals surface area contributed by atoms with Gasteiger partial charge in [-0.2, -0.15) is 5.10 Å². The molecular weight excluding hydrogens is 298 g/mol. The van der Waals surface area contributed by atoms with Crippen molar-refractivity contribution in [3.63, 3.8) is 0 Å². The number of aromatic amines is 1. The predicted octanol–water partition coefficient (Wildman–Crippen LogP) is 4.67. The zero-order chi connectivity index (χ0) is 16.8. The maximum Gasteiger partial charge on any atom is 0.162 e. The van der Waals surface area contributed by atoms with Gasteiger partial charge in [0.1, 0.15) is 0 Å². The van der Waals surface area contributed by atoms with Gasteiger partial charge in [-0.05, 0) is 36.2 Å². The highest BCUT2D eigenvalue weighted by Gasteiger charge is 2.08. The molecule has 1 heterocycles. The van der Waals surface area contributed by atoms with Crippen LogP contribution in [-0.4, -0.2) is 16.0 Å². The van der Waals surface area contributed by atoms with Crippen LogP contribution in [0.4, 0.5) is 5.69 Å². The Hall–Kier alpha value is -2.88. The van der Waals surface area contributed by atoms with E-state index in [-0.39, 0.29) is 5.78 Å². The molecule has 4 nitrogen and oxygen atoms in total. The molecule has 0 saturated heterocycles. The summed E-state index contributed by atoms with van der Waals surface area (Å²) in [7, 11) is 0. The molecule has 0 aliphatic rings. The van der Waals surface area contributed by atoms with Crippen LogP contribution < -0.4 is 5.32 Å². The Kier molecular flexibility index (Phi) is 5.06. The molecule has 0 aliphatic carbocycles. The Morgan fingerprint density at radius 1 is 1.08 bits per heavy atom. The molecule has 2 N–H and O–H groups in total. The zero-order valence-electron chi connectivity index (χ0n) is 13.8. The van der Waals surface area contributed by atoms with Crippen molar-refractivity contribution in [2.24, 2.45) is 0 Å². The average Bonchev–Trinajstić information content (AvgIpc) is 3.10. The molecule has 122 valence electrons. The van der Waals surface area contributed by atoms with E-state index in [9.17, 15) is 4.79 Å². The van der Waals surface area contributed by atoms with E-state index in [4.69, 9.17) is 0 Å². The average molecular weight is 319 g/mol. The molecule has 0 aliphatic heterocycles. The quantitative estimate of drug-likeness (QED) is 0.622. The van der Waals surface area contributed by atoms with Crippen molar-refractivity contribution in [2.75, 3.05) is 5.32 Å². The summed E-state index contributed by atoms with van der Waals surface area (Å²) < 4.78 is 0. The van der Waals surface area contributed by atoms with E-state index in [1.54, 1.807) is 0 Å². The van der Waals surface area contributed by atoms with Crippen LogP contribution in [0.2, 0.25) is 0 Å². The molecule has 4 heteroatoms. The number of nitrogens with one attached hydrogen (secondary N) is 2. The number of anilines is 1. The minimum absolute atomic E-state index is 0.199. The molecule has 0 unspecified atom stereocenters. The van der Waals surface area contributed by atoms with Gasteiger partial charge in [0, 0.05) is 29.8 Å².